The molecule has 0 aromatic rings. The van der Waals surface area contributed by atoms with Gasteiger partial charge in [-0.25, -0.2) is 0 Å². The molecule has 0 atom stereocenters. The molecule has 0 aromatic carbocycles. The Bertz CT molecular complexity index is 393. The van der Waals surface area contributed by atoms with Crippen LogP contribution in [0.2, 0.25) is 0 Å². The maximum Gasteiger partial charge on any atom is 2.00 e. The molecule has 31 heavy (non-hydrogen) atoms. The molecule has 0 amide bonds. The van der Waals surface area contributed by atoms with E-state index in [4.69, 9.17) is 0 Å². The monoisotopic (exact) mass is 486 g/mol. The molecule has 5 heteroatoms. The second-order valence-electron chi connectivity index (χ2n) is 7.88. The molecule has 0 bridgehead atoms. The van der Waals surface area contributed by atoms with E-state index in [1.54, 1.807) is 0 Å². The average molecular weight is 488 g/mol. The number of unbranched alkanes of at least 4 members (excludes halogenated alkanes) is 12. The van der Waals surface area contributed by atoms with Crippen LogP contribution in [0.1, 0.15) is 129 Å². The molecular formula is C26H46O4Zn. The van der Waals surface area contributed by atoms with E-state index in [2.05, 4.69) is 26.0 Å². The third-order valence-corrected chi connectivity index (χ3v) is 4.81. The Balaban J connectivity index is -0.000000490. The average Bonchev–Trinajstić information content (AvgIpc) is 2.71. The number of allylic oxidation sites excluding steroid dienone is 4. The summed E-state index contributed by atoms with van der Waals surface area (Å²) < 4.78 is 0. The molecular weight excluding hydrogens is 442 g/mol. The number of rotatable bonds is 20. The van der Waals surface area contributed by atoms with Crippen molar-refractivity contribution in [3.63, 3.8) is 0 Å². The predicted molar refractivity (Wildman–Crippen MR) is 123 cm³/mol. The topological polar surface area (TPSA) is 80.3 Å². The molecule has 0 radical (unpaired) electrons. The quantitative estimate of drug-likeness (QED) is 0.126. The van der Waals surface area contributed by atoms with Gasteiger partial charge >= 0.3 is 19.5 Å². The van der Waals surface area contributed by atoms with Crippen LogP contribution >= 0.6 is 0 Å². The van der Waals surface area contributed by atoms with Crippen LogP contribution in [0.4, 0.5) is 0 Å². The van der Waals surface area contributed by atoms with Gasteiger partial charge in [0.05, 0.1) is 0 Å². The summed E-state index contributed by atoms with van der Waals surface area (Å²) in [5.41, 5.74) is 0. The number of aliphatic carboxylic acids is 2. The molecule has 0 spiro atoms. The van der Waals surface area contributed by atoms with Crippen molar-refractivity contribution in [2.45, 2.75) is 129 Å². The third-order valence-electron chi connectivity index (χ3n) is 4.81. The molecule has 0 N–H and O–H groups in total. The van der Waals surface area contributed by atoms with Crippen LogP contribution in [0.3, 0.4) is 0 Å². The van der Waals surface area contributed by atoms with Crippen LogP contribution in [-0.2, 0) is 29.1 Å². The second kappa shape index (κ2) is 31.2. The van der Waals surface area contributed by atoms with E-state index in [0.29, 0.717) is 12.8 Å². The van der Waals surface area contributed by atoms with Gasteiger partial charge < -0.3 is 19.8 Å². The minimum atomic E-state index is -0.959. The van der Waals surface area contributed by atoms with E-state index in [9.17, 15) is 19.8 Å². The summed E-state index contributed by atoms with van der Waals surface area (Å²) in [7, 11) is 0. The van der Waals surface area contributed by atoms with Crippen LogP contribution in [0.25, 0.3) is 0 Å². The Morgan fingerprint density at radius 2 is 0.806 bits per heavy atom. The van der Waals surface area contributed by atoms with E-state index in [-0.39, 0.29) is 32.3 Å². The van der Waals surface area contributed by atoms with Gasteiger partial charge in [-0.05, 0) is 51.4 Å². The summed E-state index contributed by atoms with van der Waals surface area (Å²) in [5, 5.41) is 20.2. The molecule has 0 saturated carbocycles. The molecule has 4 nitrogen and oxygen atoms in total. The summed E-state index contributed by atoms with van der Waals surface area (Å²) >= 11 is 0. The standard InChI is InChI=1S/2C13H24O2.Zn/c2*1-2-3-4-5-6-7-8-9-10-11-12-13(14)15;/h2*9-10H,2-8,11-12H2,1H3,(H,14,15);/q;;+2/p-2. The molecule has 176 valence electrons. The molecule has 0 aliphatic heterocycles. The predicted octanol–water partition coefficient (Wildman–Crippen LogP) is 5.64. The van der Waals surface area contributed by atoms with Gasteiger partial charge in [-0.15, -0.1) is 0 Å². The molecule has 0 aliphatic rings. The number of carboxylic acids is 2. The molecule has 0 aliphatic carbocycles. The van der Waals surface area contributed by atoms with Crippen molar-refractivity contribution >= 4 is 11.9 Å². The van der Waals surface area contributed by atoms with Gasteiger partial charge in [-0.1, -0.05) is 102 Å². The van der Waals surface area contributed by atoms with Crippen molar-refractivity contribution in [3.8, 4) is 0 Å². The van der Waals surface area contributed by atoms with Crippen molar-refractivity contribution in [1.82, 2.24) is 0 Å². The van der Waals surface area contributed by atoms with E-state index < -0.39 is 11.9 Å². The van der Waals surface area contributed by atoms with Gasteiger partial charge in [-0.2, -0.15) is 0 Å². The van der Waals surface area contributed by atoms with Gasteiger partial charge in [0.25, 0.3) is 0 Å². The Morgan fingerprint density at radius 1 is 0.516 bits per heavy atom. The van der Waals surface area contributed by atoms with E-state index in [0.717, 1.165) is 12.8 Å². The van der Waals surface area contributed by atoms with Crippen molar-refractivity contribution < 1.29 is 39.3 Å². The number of carboxylic acid groups (broad SMARTS) is 2. The fraction of sp³-hybridized carbons (Fsp3) is 0.769. The number of hydrogen-bond acceptors (Lipinski definition) is 4. The smallest absolute Gasteiger partial charge is 0.550 e. The van der Waals surface area contributed by atoms with Gasteiger partial charge in [0.2, 0.25) is 0 Å². The first-order valence-corrected chi connectivity index (χ1v) is 12.2. The first-order valence-electron chi connectivity index (χ1n) is 12.2. The zero-order chi connectivity index (χ0) is 22.7. The Labute approximate surface area is 204 Å². The van der Waals surface area contributed by atoms with Crippen LogP contribution in [0.15, 0.2) is 24.3 Å². The van der Waals surface area contributed by atoms with E-state index in [1.807, 2.05) is 12.2 Å². The molecule has 0 heterocycles. The van der Waals surface area contributed by atoms with Gasteiger partial charge in [0.1, 0.15) is 0 Å². The normalized spacial score (nSPS) is 10.6. The minimum Gasteiger partial charge on any atom is -0.550 e. The third kappa shape index (κ3) is 40.0. The van der Waals surface area contributed by atoms with Gasteiger partial charge in [-0.3, -0.25) is 0 Å². The number of carbonyl (C=O) groups excluding carboxylic acids is 2. The zero-order valence-electron chi connectivity index (χ0n) is 20.4. The Morgan fingerprint density at radius 3 is 1.13 bits per heavy atom. The molecule has 0 aromatic heterocycles. The fourth-order valence-corrected chi connectivity index (χ4v) is 2.96. The number of carbonyl (C=O) groups is 2. The number of hydrogen-bond donors (Lipinski definition) is 0. The van der Waals surface area contributed by atoms with Crippen molar-refractivity contribution in [2.75, 3.05) is 0 Å². The van der Waals surface area contributed by atoms with Gasteiger partial charge in [0.15, 0.2) is 0 Å². The summed E-state index contributed by atoms with van der Waals surface area (Å²) in [5.74, 6) is -1.92. The van der Waals surface area contributed by atoms with Gasteiger partial charge in [0, 0.05) is 11.9 Å². The van der Waals surface area contributed by atoms with E-state index in [1.165, 1.54) is 77.0 Å². The fourth-order valence-electron chi connectivity index (χ4n) is 2.96. The summed E-state index contributed by atoms with van der Waals surface area (Å²) in [6.07, 6.45) is 27.4. The largest absolute Gasteiger partial charge is 2.00 e. The summed E-state index contributed by atoms with van der Waals surface area (Å²) in [6, 6.07) is 0. The molecule has 0 fully saturated rings. The molecule has 0 unspecified atom stereocenters. The van der Waals surface area contributed by atoms with E-state index >= 15 is 0 Å². The van der Waals surface area contributed by atoms with Crippen molar-refractivity contribution in [1.29, 1.82) is 0 Å². The minimum absolute atomic E-state index is 0. The zero-order valence-corrected chi connectivity index (χ0v) is 23.3. The molecule has 0 rings (SSSR count). The van der Waals surface area contributed by atoms with Crippen molar-refractivity contribution in [2.24, 2.45) is 0 Å². The van der Waals surface area contributed by atoms with Crippen LogP contribution < -0.4 is 10.2 Å². The first-order chi connectivity index (χ1) is 14.5. The molecule has 0 saturated heterocycles. The summed E-state index contributed by atoms with van der Waals surface area (Å²) in [4.78, 5) is 20.2. The maximum atomic E-state index is 10.1. The second-order valence-corrected chi connectivity index (χ2v) is 7.88. The Hall–Kier alpha value is -0.957. The maximum absolute atomic E-state index is 10.1. The van der Waals surface area contributed by atoms with Crippen LogP contribution in [0, 0.1) is 0 Å². The van der Waals surface area contributed by atoms with Crippen LogP contribution in [-0.4, -0.2) is 11.9 Å². The SMILES string of the molecule is CCCCCCCCC=CCCC(=O)[O-].CCCCCCCCC=CCCC(=O)[O-].[Zn+2]. The van der Waals surface area contributed by atoms with Crippen LogP contribution in [0.5, 0.6) is 0 Å². The summed E-state index contributed by atoms with van der Waals surface area (Å²) in [6.45, 7) is 4.44. The Kier molecular flexibility index (Phi) is 34.9. The first kappa shape index (κ1) is 34.7. The van der Waals surface area contributed by atoms with Crippen molar-refractivity contribution in [3.05, 3.63) is 24.3 Å².